The zero-order valence-corrected chi connectivity index (χ0v) is 17.5. The molecule has 2 aromatic rings. The number of likely N-dealkylation sites (tertiary alicyclic amines) is 1. The number of hydrogen-bond acceptors (Lipinski definition) is 4. The van der Waals surface area contributed by atoms with Gasteiger partial charge in [-0.15, -0.1) is 0 Å². The van der Waals surface area contributed by atoms with Crippen LogP contribution in [0.3, 0.4) is 0 Å². The van der Waals surface area contributed by atoms with Gasteiger partial charge in [0.25, 0.3) is 0 Å². The molecule has 0 aromatic heterocycles. The summed E-state index contributed by atoms with van der Waals surface area (Å²) in [6.07, 6.45) is 3.32. The van der Waals surface area contributed by atoms with Gasteiger partial charge in [0.2, 0.25) is 0 Å². The van der Waals surface area contributed by atoms with E-state index in [2.05, 4.69) is 24.9 Å². The Kier molecular flexibility index (Phi) is 4.43. The predicted molar refractivity (Wildman–Crippen MR) is 113 cm³/mol. The van der Waals surface area contributed by atoms with Gasteiger partial charge in [0.15, 0.2) is 11.5 Å². The summed E-state index contributed by atoms with van der Waals surface area (Å²) in [5.41, 5.74) is 2.39. The lowest BCUT2D eigenvalue weighted by Gasteiger charge is -2.60. The minimum atomic E-state index is -0.155. The van der Waals surface area contributed by atoms with E-state index in [0.29, 0.717) is 36.5 Å². The number of Topliss-reactive ketones (excluding diaryl/α,β-unsaturated/α-hetero) is 1. The number of para-hydroxylation sites is 1. The average Bonchev–Trinajstić information content (AvgIpc) is 2.71. The van der Waals surface area contributed by atoms with Gasteiger partial charge in [-0.25, -0.2) is 0 Å². The molecule has 4 nitrogen and oxygen atoms in total. The summed E-state index contributed by atoms with van der Waals surface area (Å²) in [6, 6.07) is 14.6. The Bertz CT molecular complexity index is 941. The van der Waals surface area contributed by atoms with Gasteiger partial charge in [0.05, 0.1) is 7.11 Å². The van der Waals surface area contributed by atoms with E-state index in [1.165, 1.54) is 11.1 Å². The van der Waals surface area contributed by atoms with E-state index in [1.807, 2.05) is 36.4 Å². The molecule has 0 unspecified atom stereocenters. The van der Waals surface area contributed by atoms with E-state index in [0.717, 1.165) is 36.6 Å². The number of fused-ring (bicyclic) bond motifs is 1. The summed E-state index contributed by atoms with van der Waals surface area (Å²) < 4.78 is 12.2. The molecule has 0 N–H and O–H groups in total. The first-order chi connectivity index (χ1) is 14.0. The van der Waals surface area contributed by atoms with Crippen LogP contribution in [0, 0.1) is 11.8 Å². The van der Waals surface area contributed by atoms with E-state index < -0.39 is 0 Å². The summed E-state index contributed by atoms with van der Waals surface area (Å²) in [7, 11) is 3.94. The van der Waals surface area contributed by atoms with Gasteiger partial charge in [0, 0.05) is 29.9 Å². The molecule has 2 bridgehead atoms. The maximum Gasteiger partial charge on any atom is 0.173 e. The van der Waals surface area contributed by atoms with E-state index in [4.69, 9.17) is 9.47 Å². The lowest BCUT2D eigenvalue weighted by atomic mass is 9.49. The third-order valence-electron chi connectivity index (χ3n) is 7.52. The highest BCUT2D eigenvalue weighted by Gasteiger charge is 2.58. The third kappa shape index (κ3) is 2.80. The standard InChI is InChI=1S/C25H29NO3/c1-16-13-18(27)15-25-11-12-26(2)20(22(16)25)14-17-9-10-21(28-3)24(23(17)25)29-19-7-5-4-6-8-19/h4-10,16,20,22H,11-15H2,1-3H3/t16-,20-,22+,25+/m0/s1. The van der Waals surface area contributed by atoms with Crippen molar-refractivity contribution >= 4 is 5.78 Å². The molecular formula is C25H29NO3. The van der Waals surface area contributed by atoms with Gasteiger partial charge in [-0.3, -0.25) is 4.79 Å². The molecule has 4 atom stereocenters. The van der Waals surface area contributed by atoms with E-state index >= 15 is 0 Å². The second-order valence-electron chi connectivity index (χ2n) is 9.13. The smallest absolute Gasteiger partial charge is 0.173 e. The number of carbonyl (C=O) groups is 1. The number of carbonyl (C=O) groups excluding carboxylic acids is 1. The highest BCUT2D eigenvalue weighted by Crippen LogP contribution is 2.60. The number of ether oxygens (including phenoxy) is 2. The highest BCUT2D eigenvalue weighted by molar-refractivity contribution is 5.82. The van der Waals surface area contributed by atoms with Crippen molar-refractivity contribution in [2.24, 2.45) is 11.8 Å². The minimum Gasteiger partial charge on any atom is -0.493 e. The van der Waals surface area contributed by atoms with Crippen LogP contribution in [0.1, 0.15) is 37.3 Å². The van der Waals surface area contributed by atoms with Crippen molar-refractivity contribution in [2.75, 3.05) is 20.7 Å². The van der Waals surface area contributed by atoms with E-state index in [1.54, 1.807) is 7.11 Å². The Morgan fingerprint density at radius 3 is 2.66 bits per heavy atom. The second-order valence-corrected chi connectivity index (χ2v) is 9.13. The molecule has 2 aromatic carbocycles. The lowest BCUT2D eigenvalue weighted by molar-refractivity contribution is -0.130. The van der Waals surface area contributed by atoms with Crippen molar-refractivity contribution in [2.45, 2.75) is 44.1 Å². The maximum atomic E-state index is 12.9. The first kappa shape index (κ1) is 18.7. The Balaban J connectivity index is 1.73. The molecule has 5 rings (SSSR count). The monoisotopic (exact) mass is 391 g/mol. The first-order valence-corrected chi connectivity index (χ1v) is 10.7. The molecule has 1 saturated heterocycles. The summed E-state index contributed by atoms with van der Waals surface area (Å²) in [5.74, 6) is 3.61. The Labute approximate surface area is 172 Å². The van der Waals surface area contributed by atoms with Crippen LogP contribution in [0.2, 0.25) is 0 Å². The van der Waals surface area contributed by atoms with Gasteiger partial charge in [0.1, 0.15) is 11.5 Å². The summed E-state index contributed by atoms with van der Waals surface area (Å²) >= 11 is 0. The number of methoxy groups -OCH3 is 1. The van der Waals surface area contributed by atoms with Crippen molar-refractivity contribution in [3.05, 3.63) is 53.6 Å². The van der Waals surface area contributed by atoms with Gasteiger partial charge in [-0.1, -0.05) is 31.2 Å². The Morgan fingerprint density at radius 2 is 1.90 bits per heavy atom. The van der Waals surface area contributed by atoms with E-state index in [-0.39, 0.29) is 5.41 Å². The van der Waals surface area contributed by atoms with E-state index in [9.17, 15) is 4.79 Å². The minimum absolute atomic E-state index is 0.155. The normalized spacial score (nSPS) is 31.0. The number of ketones is 1. The van der Waals surface area contributed by atoms with Crippen molar-refractivity contribution in [3.8, 4) is 17.2 Å². The number of rotatable bonds is 3. The zero-order valence-electron chi connectivity index (χ0n) is 17.5. The van der Waals surface area contributed by atoms with Crippen molar-refractivity contribution in [1.82, 2.24) is 4.90 Å². The van der Waals surface area contributed by atoms with Crippen LogP contribution in [0.4, 0.5) is 0 Å². The quantitative estimate of drug-likeness (QED) is 0.766. The lowest BCUT2D eigenvalue weighted by Crippen LogP contribution is -2.63. The van der Waals surface area contributed by atoms with Crippen LogP contribution < -0.4 is 9.47 Å². The average molecular weight is 392 g/mol. The molecule has 1 heterocycles. The number of piperidine rings is 1. The largest absolute Gasteiger partial charge is 0.493 e. The van der Waals surface area contributed by atoms with Gasteiger partial charge in [-0.05, 0) is 62.0 Å². The van der Waals surface area contributed by atoms with Gasteiger partial charge < -0.3 is 14.4 Å². The fraction of sp³-hybridized carbons (Fsp3) is 0.480. The first-order valence-electron chi connectivity index (χ1n) is 10.7. The number of nitrogens with zero attached hydrogens (tertiary/aromatic N) is 1. The zero-order chi connectivity index (χ0) is 20.2. The van der Waals surface area contributed by atoms with Crippen LogP contribution >= 0.6 is 0 Å². The summed E-state index contributed by atoms with van der Waals surface area (Å²) in [5, 5.41) is 0. The molecule has 2 fully saturated rings. The second kappa shape index (κ2) is 6.88. The van der Waals surface area contributed by atoms with Crippen LogP contribution in [0.25, 0.3) is 0 Å². The predicted octanol–water partition coefficient (Wildman–Crippen LogP) is 4.60. The van der Waals surface area contributed by atoms with Crippen molar-refractivity contribution in [3.63, 3.8) is 0 Å². The molecule has 0 radical (unpaired) electrons. The number of likely N-dealkylation sites (N-methyl/N-ethyl adjacent to an activating group) is 1. The van der Waals surface area contributed by atoms with Crippen LogP contribution in [0.5, 0.6) is 17.2 Å². The molecule has 1 aliphatic heterocycles. The Hall–Kier alpha value is -2.33. The molecule has 152 valence electrons. The van der Waals surface area contributed by atoms with Crippen molar-refractivity contribution < 1.29 is 14.3 Å². The molecule has 0 amide bonds. The van der Waals surface area contributed by atoms with Crippen LogP contribution in [0.15, 0.2) is 42.5 Å². The fourth-order valence-electron chi connectivity index (χ4n) is 6.47. The van der Waals surface area contributed by atoms with Crippen molar-refractivity contribution in [1.29, 1.82) is 0 Å². The summed E-state index contributed by atoms with van der Waals surface area (Å²) in [4.78, 5) is 15.4. The summed E-state index contributed by atoms with van der Waals surface area (Å²) in [6.45, 7) is 3.29. The topological polar surface area (TPSA) is 38.8 Å². The molecule has 4 heteroatoms. The maximum absolute atomic E-state index is 12.9. The number of hydrogen-bond donors (Lipinski definition) is 0. The number of benzene rings is 2. The molecular weight excluding hydrogens is 362 g/mol. The Morgan fingerprint density at radius 1 is 1.10 bits per heavy atom. The van der Waals surface area contributed by atoms with Gasteiger partial charge in [-0.2, -0.15) is 0 Å². The molecule has 0 spiro atoms. The highest BCUT2D eigenvalue weighted by atomic mass is 16.5. The van der Waals surface area contributed by atoms with Crippen LogP contribution in [-0.4, -0.2) is 37.4 Å². The SMILES string of the molecule is COc1ccc2c(c1Oc1ccccc1)[C@@]13CCN(C)[C@@H](C2)[C@H]1[C@@H](C)CC(=O)C3. The molecule has 1 saturated carbocycles. The molecule has 29 heavy (non-hydrogen) atoms. The third-order valence-corrected chi connectivity index (χ3v) is 7.52. The fourth-order valence-corrected chi connectivity index (χ4v) is 6.47. The molecule has 3 aliphatic rings. The van der Waals surface area contributed by atoms with Gasteiger partial charge >= 0.3 is 0 Å². The van der Waals surface area contributed by atoms with Crippen LogP contribution in [-0.2, 0) is 16.6 Å². The molecule has 2 aliphatic carbocycles.